The average Bonchev–Trinajstić information content (AvgIpc) is 2.72. The molecule has 1 heterocycles. The first-order valence-corrected chi connectivity index (χ1v) is 5.92. The Morgan fingerprint density at radius 2 is 2.12 bits per heavy atom. The second-order valence-electron chi connectivity index (χ2n) is 4.34. The molecule has 1 aromatic rings. The van der Waals surface area contributed by atoms with E-state index in [0.717, 1.165) is 12.8 Å². The molecule has 0 aliphatic heterocycles. The number of aromatic nitrogens is 3. The lowest BCUT2D eigenvalue weighted by atomic mass is 9.95. The van der Waals surface area contributed by atoms with Crippen LogP contribution in [-0.4, -0.2) is 33.0 Å². The van der Waals surface area contributed by atoms with Gasteiger partial charge in [0.15, 0.2) is 0 Å². The number of aliphatic carboxylic acids is 1. The van der Waals surface area contributed by atoms with Gasteiger partial charge in [-0.3, -0.25) is 9.36 Å². The van der Waals surface area contributed by atoms with Gasteiger partial charge in [-0.1, -0.05) is 24.4 Å². The first-order chi connectivity index (χ1) is 8.22. The molecule has 0 unspecified atom stereocenters. The molecule has 0 bridgehead atoms. The molecule has 94 valence electrons. The van der Waals surface area contributed by atoms with Crippen LogP contribution in [0, 0.1) is 0 Å². The van der Waals surface area contributed by atoms with E-state index in [1.165, 1.54) is 26.4 Å². The molecule has 6 nitrogen and oxygen atoms in total. The Balaban J connectivity index is 2.27. The van der Waals surface area contributed by atoms with Crippen LogP contribution < -0.4 is 4.74 Å². The van der Waals surface area contributed by atoms with Crippen molar-refractivity contribution in [1.29, 1.82) is 0 Å². The predicted molar refractivity (Wildman–Crippen MR) is 60.0 cm³/mol. The third-order valence-corrected chi connectivity index (χ3v) is 3.17. The van der Waals surface area contributed by atoms with Crippen LogP contribution in [0.5, 0.6) is 6.01 Å². The van der Waals surface area contributed by atoms with Crippen LogP contribution in [0.2, 0.25) is 0 Å². The fraction of sp³-hybridized carbons (Fsp3) is 0.727. The van der Waals surface area contributed by atoms with Gasteiger partial charge >= 0.3 is 12.0 Å². The summed E-state index contributed by atoms with van der Waals surface area (Å²) in [4.78, 5) is 10.8. The Morgan fingerprint density at radius 1 is 1.41 bits per heavy atom. The summed E-state index contributed by atoms with van der Waals surface area (Å²) in [5.74, 6) is -0.404. The van der Waals surface area contributed by atoms with E-state index in [9.17, 15) is 4.79 Å². The van der Waals surface area contributed by atoms with Crippen LogP contribution in [0.25, 0.3) is 0 Å². The minimum Gasteiger partial charge on any atom is -0.481 e. The van der Waals surface area contributed by atoms with E-state index in [0.29, 0.717) is 11.8 Å². The Morgan fingerprint density at radius 3 is 2.71 bits per heavy atom. The molecule has 0 spiro atoms. The lowest BCUT2D eigenvalue weighted by molar-refractivity contribution is -0.136. The number of carboxylic acid groups (broad SMARTS) is 1. The maximum absolute atomic E-state index is 10.8. The maximum Gasteiger partial charge on any atom is 0.316 e. The van der Waals surface area contributed by atoms with Gasteiger partial charge in [0, 0.05) is 6.04 Å². The fourth-order valence-corrected chi connectivity index (χ4v) is 2.41. The molecule has 1 aromatic heterocycles. The number of hydrogen-bond acceptors (Lipinski definition) is 4. The van der Waals surface area contributed by atoms with Gasteiger partial charge in [-0.15, -0.1) is 5.10 Å². The normalized spacial score (nSPS) is 17.0. The van der Waals surface area contributed by atoms with Crippen molar-refractivity contribution in [3.05, 3.63) is 5.82 Å². The molecule has 1 N–H and O–H groups in total. The van der Waals surface area contributed by atoms with Gasteiger partial charge in [0.2, 0.25) is 0 Å². The Kier molecular flexibility index (Phi) is 3.61. The topological polar surface area (TPSA) is 77.2 Å². The molecular formula is C11H17N3O3. The monoisotopic (exact) mass is 239 g/mol. The minimum absolute atomic E-state index is 0.104. The molecule has 0 saturated heterocycles. The summed E-state index contributed by atoms with van der Waals surface area (Å²) in [6.45, 7) is 0. The molecule has 1 aliphatic carbocycles. The van der Waals surface area contributed by atoms with Crippen LogP contribution in [0.4, 0.5) is 0 Å². The molecule has 0 amide bonds. The molecule has 1 saturated carbocycles. The molecule has 1 aliphatic rings. The molecule has 17 heavy (non-hydrogen) atoms. The van der Waals surface area contributed by atoms with Gasteiger partial charge in [-0.25, -0.2) is 0 Å². The van der Waals surface area contributed by atoms with E-state index < -0.39 is 5.97 Å². The molecule has 0 radical (unpaired) electrons. The Hall–Kier alpha value is -1.59. The van der Waals surface area contributed by atoms with E-state index in [2.05, 4.69) is 10.2 Å². The van der Waals surface area contributed by atoms with E-state index in [-0.39, 0.29) is 12.5 Å². The van der Waals surface area contributed by atoms with E-state index in [1.54, 1.807) is 0 Å². The highest BCUT2D eigenvalue weighted by atomic mass is 16.5. The lowest BCUT2D eigenvalue weighted by Crippen LogP contribution is -2.18. The minimum atomic E-state index is -0.892. The SMILES string of the molecule is COc1nnc(CC(=O)O)n1C1CCCCC1. The van der Waals surface area contributed by atoms with E-state index in [1.807, 2.05) is 4.57 Å². The number of carboxylic acids is 1. The maximum atomic E-state index is 10.8. The summed E-state index contributed by atoms with van der Waals surface area (Å²) in [6, 6.07) is 0.705. The van der Waals surface area contributed by atoms with Crippen molar-refractivity contribution in [2.45, 2.75) is 44.6 Å². The molecule has 2 rings (SSSR count). The smallest absolute Gasteiger partial charge is 0.316 e. The van der Waals surface area contributed by atoms with Crippen molar-refractivity contribution in [2.24, 2.45) is 0 Å². The zero-order valence-electron chi connectivity index (χ0n) is 9.93. The summed E-state index contributed by atoms with van der Waals surface area (Å²) in [5, 5.41) is 16.6. The van der Waals surface area contributed by atoms with Crippen molar-refractivity contribution in [1.82, 2.24) is 14.8 Å². The molecular weight excluding hydrogens is 222 g/mol. The highest BCUT2D eigenvalue weighted by molar-refractivity contribution is 5.69. The number of methoxy groups -OCH3 is 1. The van der Waals surface area contributed by atoms with Gasteiger partial charge in [0.25, 0.3) is 0 Å². The van der Waals surface area contributed by atoms with Crippen molar-refractivity contribution in [3.8, 4) is 6.01 Å². The van der Waals surface area contributed by atoms with Gasteiger partial charge in [0.05, 0.1) is 7.11 Å². The van der Waals surface area contributed by atoms with Crippen LogP contribution in [0.1, 0.15) is 44.0 Å². The van der Waals surface area contributed by atoms with E-state index >= 15 is 0 Å². The first-order valence-electron chi connectivity index (χ1n) is 5.92. The summed E-state index contributed by atoms with van der Waals surface area (Å²) in [5.41, 5.74) is 0. The second-order valence-corrected chi connectivity index (χ2v) is 4.34. The van der Waals surface area contributed by atoms with Crippen molar-refractivity contribution in [3.63, 3.8) is 0 Å². The third kappa shape index (κ3) is 2.57. The Labute approximate surface area is 99.6 Å². The zero-order valence-corrected chi connectivity index (χ0v) is 9.93. The number of nitrogens with zero attached hydrogens (tertiary/aromatic N) is 3. The summed E-state index contributed by atoms with van der Waals surface area (Å²) in [6.07, 6.45) is 5.56. The van der Waals surface area contributed by atoms with Crippen molar-refractivity contribution in [2.75, 3.05) is 7.11 Å². The highest BCUT2D eigenvalue weighted by Gasteiger charge is 2.24. The van der Waals surface area contributed by atoms with Crippen LogP contribution in [-0.2, 0) is 11.2 Å². The van der Waals surface area contributed by atoms with Gasteiger partial charge in [-0.05, 0) is 12.8 Å². The predicted octanol–water partition coefficient (Wildman–Crippen LogP) is 1.42. The molecule has 0 aromatic carbocycles. The number of hydrogen-bond donors (Lipinski definition) is 1. The third-order valence-electron chi connectivity index (χ3n) is 3.17. The second kappa shape index (κ2) is 5.16. The van der Waals surface area contributed by atoms with Crippen LogP contribution in [0.3, 0.4) is 0 Å². The van der Waals surface area contributed by atoms with Crippen molar-refractivity contribution < 1.29 is 14.6 Å². The Bertz CT molecular complexity index is 397. The zero-order chi connectivity index (χ0) is 12.3. The number of carbonyl (C=O) groups is 1. The largest absolute Gasteiger partial charge is 0.481 e. The van der Waals surface area contributed by atoms with Gasteiger partial charge in [0.1, 0.15) is 12.2 Å². The molecule has 1 fully saturated rings. The number of ether oxygens (including phenoxy) is 1. The fourth-order valence-electron chi connectivity index (χ4n) is 2.41. The van der Waals surface area contributed by atoms with Crippen molar-refractivity contribution >= 4 is 5.97 Å². The standard InChI is InChI=1S/C11H17N3O3/c1-17-11-13-12-9(7-10(15)16)14(11)8-5-3-2-4-6-8/h8H,2-7H2,1H3,(H,15,16). The highest BCUT2D eigenvalue weighted by Crippen LogP contribution is 2.31. The first kappa shape index (κ1) is 11.9. The quantitative estimate of drug-likeness (QED) is 0.859. The summed E-state index contributed by atoms with van der Waals surface area (Å²) < 4.78 is 7.01. The van der Waals surface area contributed by atoms with Gasteiger partial charge in [-0.2, -0.15) is 0 Å². The van der Waals surface area contributed by atoms with Crippen LogP contribution >= 0.6 is 0 Å². The van der Waals surface area contributed by atoms with Crippen LogP contribution in [0.15, 0.2) is 0 Å². The molecule has 6 heteroatoms. The molecule has 0 atom stereocenters. The summed E-state index contributed by atoms with van der Waals surface area (Å²) in [7, 11) is 1.54. The number of rotatable bonds is 4. The summed E-state index contributed by atoms with van der Waals surface area (Å²) >= 11 is 0. The van der Waals surface area contributed by atoms with Gasteiger partial charge < -0.3 is 9.84 Å². The average molecular weight is 239 g/mol. The lowest BCUT2D eigenvalue weighted by Gasteiger charge is -2.24. The van der Waals surface area contributed by atoms with E-state index in [4.69, 9.17) is 9.84 Å².